The van der Waals surface area contributed by atoms with Gasteiger partial charge in [0.2, 0.25) is 0 Å². The van der Waals surface area contributed by atoms with Gasteiger partial charge >= 0.3 is 0 Å². The first kappa shape index (κ1) is 121. The lowest BCUT2D eigenvalue weighted by Crippen LogP contribution is -1.97. The van der Waals surface area contributed by atoms with Gasteiger partial charge in [0.25, 0.3) is 0 Å². The highest BCUT2D eigenvalue weighted by Gasteiger charge is 2.16. The largest absolute Gasteiger partial charge is 0.507 e. The van der Waals surface area contributed by atoms with Crippen LogP contribution in [0.25, 0.3) is 44.5 Å². The number of Topliss-reactive ketones (excluding diaryl/α,β-unsaturated/α-hetero) is 4. The van der Waals surface area contributed by atoms with Crippen LogP contribution in [-0.4, -0.2) is 95.4 Å². The maximum absolute atomic E-state index is 11.3. The number of ether oxygens (including phenoxy) is 7. The number of unbranched alkanes of at least 4 members (excludes halogenated alkanes) is 12. The number of benzene rings is 14. The van der Waals surface area contributed by atoms with Gasteiger partial charge in [-0.2, -0.15) is 0 Å². The fourth-order valence-electron chi connectivity index (χ4n) is 14.2. The van der Waals surface area contributed by atoms with Crippen molar-refractivity contribution in [3.8, 4) is 114 Å². The van der Waals surface area contributed by atoms with Crippen molar-refractivity contribution in [3.63, 3.8) is 0 Å². The molecule has 0 fully saturated rings. The van der Waals surface area contributed by atoms with Crippen molar-refractivity contribution in [1.82, 2.24) is 0 Å². The summed E-state index contributed by atoms with van der Waals surface area (Å²) in [5.41, 5.74) is 15.7. The molecule has 0 aromatic heterocycles. The topological polar surface area (TPSA) is 234 Å². The first-order chi connectivity index (χ1) is 70.1. The van der Waals surface area contributed by atoms with Crippen LogP contribution >= 0.6 is 0 Å². The predicted octanol–water partition coefficient (Wildman–Crippen LogP) is 33.8. The molecule has 14 aromatic rings. The van der Waals surface area contributed by atoms with Crippen molar-refractivity contribution in [1.29, 1.82) is 0 Å². The second-order valence-electron chi connectivity index (χ2n) is 35.2. The third-order valence-electron chi connectivity index (χ3n) is 22.3. The fraction of sp³-hybridized carbons (Fsp3) is 0.318. The molecule has 770 valence electrons. The number of phenolic OH excluding ortho intramolecular Hbond substituents is 5. The second kappa shape index (κ2) is 72.6. The van der Waals surface area contributed by atoms with Crippen LogP contribution in [0.4, 0.5) is 0 Å². The number of carbonyl (C=O) groups is 4. The summed E-state index contributed by atoms with van der Waals surface area (Å²) < 4.78 is 38.2. The number of aryl methyl sites for hydroxylation is 5. The van der Waals surface area contributed by atoms with Gasteiger partial charge in [0.15, 0.2) is 40.3 Å². The molecule has 0 bridgehead atoms. The lowest BCUT2D eigenvalue weighted by Gasteiger charge is -2.13. The molecule has 0 atom stereocenters. The Kier molecular flexibility index (Phi) is 60.5. The molecule has 0 spiro atoms. The van der Waals surface area contributed by atoms with Crippen LogP contribution in [0.15, 0.2) is 334 Å². The third-order valence-corrected chi connectivity index (χ3v) is 22.3. The van der Waals surface area contributed by atoms with E-state index in [1.54, 1.807) is 119 Å². The zero-order chi connectivity index (χ0) is 106. The monoisotopic (exact) mass is 1960 g/mol. The highest BCUT2D eigenvalue weighted by atomic mass is 16.5. The number of phenols is 5. The minimum atomic E-state index is -0.0149. The zero-order valence-corrected chi connectivity index (χ0v) is 88.7. The van der Waals surface area contributed by atoms with Crippen LogP contribution in [0.5, 0.6) is 69.0 Å². The van der Waals surface area contributed by atoms with Gasteiger partial charge in [-0.25, -0.2) is 0 Å². The maximum atomic E-state index is 11.3. The summed E-state index contributed by atoms with van der Waals surface area (Å²) in [6.45, 7) is 34.0. The number of para-hydroxylation sites is 7. The van der Waals surface area contributed by atoms with E-state index in [2.05, 4.69) is 129 Å². The van der Waals surface area contributed by atoms with Gasteiger partial charge in [-0.15, -0.1) is 0 Å². The van der Waals surface area contributed by atoms with Gasteiger partial charge in [0.1, 0.15) is 51.8 Å². The number of ketones is 4. The number of rotatable bonds is 40. The smallest absolute Gasteiger partial charge is 0.160 e. The lowest BCUT2D eigenvalue weighted by atomic mass is 9.99. The van der Waals surface area contributed by atoms with Gasteiger partial charge in [0, 0.05) is 23.1 Å². The molecule has 0 unspecified atom stereocenters. The van der Waals surface area contributed by atoms with Gasteiger partial charge in [0.05, 0.1) is 57.9 Å². The fourth-order valence-corrected chi connectivity index (χ4v) is 14.2. The molecule has 0 aliphatic rings. The van der Waals surface area contributed by atoms with Crippen molar-refractivity contribution >= 4 is 23.1 Å². The molecule has 14 aromatic carbocycles. The first-order valence-electron chi connectivity index (χ1n) is 51.2. The number of methoxy groups -OCH3 is 1. The summed E-state index contributed by atoms with van der Waals surface area (Å²) in [4.78, 5) is 44.8. The van der Waals surface area contributed by atoms with E-state index in [1.165, 1.54) is 119 Å². The summed E-state index contributed by atoms with van der Waals surface area (Å²) in [5, 5.41) is 48.5. The Labute approximate surface area is 865 Å². The van der Waals surface area contributed by atoms with Gasteiger partial charge in [-0.3, -0.25) is 19.2 Å². The van der Waals surface area contributed by atoms with E-state index in [0.29, 0.717) is 64.7 Å². The Morgan fingerprint density at radius 2 is 0.579 bits per heavy atom. The molecule has 0 saturated heterocycles. The number of carbonyl (C=O) groups excluding carboxylic acids is 4. The minimum Gasteiger partial charge on any atom is -0.507 e. The lowest BCUT2D eigenvalue weighted by molar-refractivity contribution is -0.116. The predicted molar refractivity (Wildman–Crippen MR) is 599 cm³/mol. The molecular weight excluding hydrogens is 1810 g/mol. The van der Waals surface area contributed by atoms with E-state index in [9.17, 15) is 44.7 Å². The summed E-state index contributed by atoms with van der Waals surface area (Å²) >= 11 is 0. The highest BCUT2D eigenvalue weighted by molar-refractivity contribution is 5.96. The molecule has 14 rings (SSSR count). The van der Waals surface area contributed by atoms with Crippen molar-refractivity contribution in [2.24, 2.45) is 0 Å². The summed E-state index contributed by atoms with van der Waals surface area (Å²) in [6.07, 6.45) is 22.1. The summed E-state index contributed by atoms with van der Waals surface area (Å²) in [6, 6.07) is 105. The number of aromatic hydroxyl groups is 5. The van der Waals surface area contributed by atoms with E-state index in [-0.39, 0.29) is 51.9 Å². The van der Waals surface area contributed by atoms with E-state index in [4.69, 9.17) is 33.2 Å². The molecular formula is C129H158O16. The first-order valence-corrected chi connectivity index (χ1v) is 51.2. The van der Waals surface area contributed by atoms with Gasteiger partial charge in [-0.1, -0.05) is 372 Å². The molecule has 0 radical (unpaired) electrons. The van der Waals surface area contributed by atoms with Gasteiger partial charge < -0.3 is 58.7 Å². The van der Waals surface area contributed by atoms with Crippen molar-refractivity contribution in [3.05, 3.63) is 384 Å². The van der Waals surface area contributed by atoms with Gasteiger partial charge in [-0.05, 0) is 248 Å². The second-order valence-corrected chi connectivity index (χ2v) is 35.2. The Hall–Kier alpha value is -14.6. The summed E-state index contributed by atoms with van der Waals surface area (Å²) in [7, 11) is 1.58. The van der Waals surface area contributed by atoms with Crippen LogP contribution in [0.2, 0.25) is 0 Å². The van der Waals surface area contributed by atoms with Crippen LogP contribution in [0.1, 0.15) is 249 Å². The van der Waals surface area contributed by atoms with Crippen molar-refractivity contribution < 1.29 is 77.9 Å². The number of hydrogen-bond donors (Lipinski definition) is 5. The molecule has 145 heavy (non-hydrogen) atoms. The Bertz CT molecular complexity index is 5900. The SMILES string of the molecule is CC(=O)Cc1cccc(-c2cccc(C)c2)c1.CC(=O)c1ccc(-c2c(O)cc(C)cc2O)cc1.CC(=O)c1cccc(-c2cccc(C)c2)c1.CCCCCCOc1ccccc1.CCCCCCOc1ccccc1O.CCCCCOc1ccc(C)cc1.CCCCCOc1ccccc1.CCCCOc1ccccc1.CCCCOc1ccccc1O.COc1c(C)ccc(O)c1-c1ccc(C(C)=O)cc1. The van der Waals surface area contributed by atoms with Crippen LogP contribution in [0.3, 0.4) is 0 Å². The average Bonchev–Trinajstić information content (AvgIpc) is 0.782. The van der Waals surface area contributed by atoms with E-state index in [0.717, 1.165) is 127 Å². The number of hydrogen-bond acceptors (Lipinski definition) is 16. The molecule has 0 heterocycles. The van der Waals surface area contributed by atoms with Crippen molar-refractivity contribution in [2.45, 2.75) is 226 Å². The molecule has 16 nitrogen and oxygen atoms in total. The molecule has 0 aliphatic carbocycles. The zero-order valence-electron chi connectivity index (χ0n) is 88.7. The Balaban J connectivity index is 0.000000285. The minimum absolute atomic E-state index is 0.0149. The highest BCUT2D eigenvalue weighted by Crippen LogP contribution is 2.41. The van der Waals surface area contributed by atoms with E-state index >= 15 is 0 Å². The molecule has 0 aliphatic heterocycles. The maximum Gasteiger partial charge on any atom is 0.160 e. The Morgan fingerprint density at radius 1 is 0.241 bits per heavy atom. The quantitative estimate of drug-likeness (QED) is 0.0177. The third kappa shape index (κ3) is 50.2. The van der Waals surface area contributed by atoms with Crippen LogP contribution in [-0.2, 0) is 11.2 Å². The van der Waals surface area contributed by atoms with Crippen molar-refractivity contribution in [2.75, 3.05) is 46.8 Å². The normalized spacial score (nSPS) is 10.0. The Morgan fingerprint density at radius 3 is 0.966 bits per heavy atom. The van der Waals surface area contributed by atoms with Crippen LogP contribution < -0.4 is 33.2 Å². The van der Waals surface area contributed by atoms with E-state index in [1.807, 2.05) is 183 Å². The molecule has 0 amide bonds. The molecule has 16 heteroatoms. The molecule has 5 N–H and O–H groups in total. The van der Waals surface area contributed by atoms with Crippen LogP contribution in [0, 0.1) is 34.6 Å². The molecule has 0 saturated carbocycles. The average molecular weight is 1960 g/mol. The summed E-state index contributed by atoms with van der Waals surface area (Å²) in [5.74, 6) is 6.72. The standard InChI is InChI=1S/C16H16O3.C16H16O.C15H14O3.C15H14O.C12H18O2.2C12H18O.C11H16O.C10H14O2.C10H14O/c1-10-4-9-14(18)15(16(10)19-3)13-7-5-12(6-8-13)11(2)17;1-12-5-3-7-15(9-12)16-8-4-6-14(11-16)10-13(2)17;1-9-7-13(17)15(14(18)8-9)12-5-3-11(4-6-12)10(2)16;1-11-5-3-7-14(9-11)15-8-4-6-13(10-15)12(2)16;1-2-3-4-7-10-14-12-9-6-5-8-11(12)13;1-3-4-5-10-13-12-8-6-11(2)7-9-12;1-2-3-4-8-11-13-12-9-6-5-7-10-12;1-2-3-7-10-12-11-8-5-4-6-9-11;1-2-3-8-12-10-7-5-4-6-9(10)11;1-2-3-9-11-10-7-5-4-6-8-10/h4-9,18H,1-3H3;3-9,11H,10H2,1-2H3;3-8,17-18H,1-2H3;3-10H,1-2H3;5-6,8-9,13H,2-4,7,10H2,1H3;6-9H,3-5,10H2,1-2H3;5-7,9-10H,2-4,8,11H2,1H3;4-6,8-9H,2-3,7,10H2,1H3;4-7,11H,2-3,8H2,1H3;4-8H,2-3,9H2,1H3. The van der Waals surface area contributed by atoms with E-state index < -0.39 is 0 Å².